The van der Waals surface area contributed by atoms with Crippen LogP contribution in [0.5, 0.6) is 5.75 Å². The summed E-state index contributed by atoms with van der Waals surface area (Å²) in [5.41, 5.74) is 0.549. The van der Waals surface area contributed by atoms with E-state index in [4.69, 9.17) is 16.3 Å². The Morgan fingerprint density at radius 3 is 2.62 bits per heavy atom. The number of methoxy groups -OCH3 is 1. The van der Waals surface area contributed by atoms with Crippen molar-refractivity contribution in [3.05, 3.63) is 28.8 Å². The lowest BCUT2D eigenvalue weighted by Crippen LogP contribution is -2.45. The average Bonchev–Trinajstić information content (AvgIpc) is 2.45. The number of carbonyl (C=O) groups excluding carboxylic acids is 1. The third-order valence-corrected chi connectivity index (χ3v) is 3.78. The van der Waals surface area contributed by atoms with Crippen LogP contribution in [0.25, 0.3) is 0 Å². The summed E-state index contributed by atoms with van der Waals surface area (Å²) in [5.74, 6) is -1.08. The molecule has 1 rings (SSSR count). The number of benzene rings is 1. The van der Waals surface area contributed by atoms with Crippen molar-refractivity contribution < 1.29 is 19.4 Å². The smallest absolute Gasteiger partial charge is 0.326 e. The maximum atomic E-state index is 12.1. The fourth-order valence-corrected chi connectivity index (χ4v) is 2.20. The van der Waals surface area contributed by atoms with Crippen LogP contribution in [0.2, 0.25) is 5.02 Å². The van der Waals surface area contributed by atoms with Gasteiger partial charge < -0.3 is 15.2 Å². The highest BCUT2D eigenvalue weighted by atomic mass is 35.5. The highest BCUT2D eigenvalue weighted by Crippen LogP contribution is 2.26. The third kappa shape index (κ3) is 4.63. The molecule has 0 aromatic heterocycles. The lowest BCUT2D eigenvalue weighted by Gasteiger charge is -2.20. The molecule has 0 aliphatic rings. The Labute approximate surface area is 129 Å². The molecule has 0 bridgehead atoms. The second-order valence-electron chi connectivity index (χ2n) is 4.87. The Morgan fingerprint density at radius 1 is 1.43 bits per heavy atom. The van der Waals surface area contributed by atoms with Crippen LogP contribution in [0, 0.1) is 5.92 Å². The maximum absolute atomic E-state index is 12.1. The summed E-state index contributed by atoms with van der Waals surface area (Å²) in [6, 6.07) is 4.19. The van der Waals surface area contributed by atoms with Crippen LogP contribution in [0.4, 0.5) is 0 Å². The molecule has 2 atom stereocenters. The van der Waals surface area contributed by atoms with Gasteiger partial charge in [-0.15, -0.1) is 0 Å². The van der Waals surface area contributed by atoms with Crippen molar-refractivity contribution in [2.75, 3.05) is 7.11 Å². The van der Waals surface area contributed by atoms with Gasteiger partial charge in [-0.25, -0.2) is 4.79 Å². The van der Waals surface area contributed by atoms with E-state index in [9.17, 15) is 14.7 Å². The van der Waals surface area contributed by atoms with Gasteiger partial charge in [0.25, 0.3) is 0 Å². The Hall–Kier alpha value is -1.75. The van der Waals surface area contributed by atoms with Crippen molar-refractivity contribution in [3.8, 4) is 5.75 Å². The van der Waals surface area contributed by atoms with Gasteiger partial charge in [0.05, 0.1) is 13.5 Å². The van der Waals surface area contributed by atoms with E-state index in [0.717, 1.165) is 0 Å². The minimum Gasteiger partial charge on any atom is -0.496 e. The number of nitrogens with one attached hydrogen (secondary N) is 1. The highest BCUT2D eigenvalue weighted by molar-refractivity contribution is 6.31. The molecule has 2 unspecified atom stereocenters. The third-order valence-electron chi connectivity index (χ3n) is 3.43. The first-order chi connectivity index (χ1) is 9.90. The number of halogens is 1. The van der Waals surface area contributed by atoms with Gasteiger partial charge in [-0.1, -0.05) is 37.9 Å². The van der Waals surface area contributed by atoms with Gasteiger partial charge in [-0.3, -0.25) is 4.79 Å². The fraction of sp³-hybridized carbons (Fsp3) is 0.467. The van der Waals surface area contributed by atoms with Crippen LogP contribution < -0.4 is 10.1 Å². The summed E-state index contributed by atoms with van der Waals surface area (Å²) in [7, 11) is 1.49. The Kier molecular flexibility index (Phi) is 6.49. The van der Waals surface area contributed by atoms with Crippen LogP contribution in [-0.2, 0) is 16.0 Å². The molecule has 2 N–H and O–H groups in total. The molecule has 6 heteroatoms. The van der Waals surface area contributed by atoms with E-state index in [2.05, 4.69) is 5.32 Å². The molecule has 21 heavy (non-hydrogen) atoms. The topological polar surface area (TPSA) is 75.6 Å². The van der Waals surface area contributed by atoms with Crippen LogP contribution in [0.15, 0.2) is 18.2 Å². The first-order valence-electron chi connectivity index (χ1n) is 6.74. The molecule has 5 nitrogen and oxygen atoms in total. The van der Waals surface area contributed by atoms with E-state index in [1.165, 1.54) is 7.11 Å². The molecule has 0 saturated carbocycles. The zero-order chi connectivity index (χ0) is 16.0. The van der Waals surface area contributed by atoms with Crippen LogP contribution in [-0.4, -0.2) is 30.1 Å². The summed E-state index contributed by atoms with van der Waals surface area (Å²) in [6.45, 7) is 3.67. The maximum Gasteiger partial charge on any atom is 0.326 e. The lowest BCUT2D eigenvalue weighted by molar-refractivity contribution is -0.143. The van der Waals surface area contributed by atoms with Crippen molar-refractivity contribution >= 4 is 23.5 Å². The molecule has 1 aromatic rings. The number of carbonyl (C=O) groups is 2. The molecule has 0 fully saturated rings. The number of rotatable bonds is 7. The van der Waals surface area contributed by atoms with Gasteiger partial charge >= 0.3 is 5.97 Å². The minimum absolute atomic E-state index is 0.0247. The molecule has 0 aliphatic heterocycles. The Morgan fingerprint density at radius 2 is 2.10 bits per heavy atom. The summed E-state index contributed by atoms with van der Waals surface area (Å²) in [5, 5.41) is 12.1. The standard InChI is InChI=1S/C15H20ClNO4/c1-4-9(2)14(15(19)20)17-13(18)8-10-11(16)6-5-7-12(10)21-3/h5-7,9,14H,4,8H2,1-3H3,(H,17,18)(H,19,20). The zero-order valence-corrected chi connectivity index (χ0v) is 13.1. The van der Waals surface area contributed by atoms with Crippen molar-refractivity contribution in [2.24, 2.45) is 5.92 Å². The second kappa shape index (κ2) is 7.88. The number of ether oxygens (including phenoxy) is 1. The minimum atomic E-state index is -1.04. The number of hydrogen-bond acceptors (Lipinski definition) is 3. The molecular weight excluding hydrogens is 294 g/mol. The average molecular weight is 314 g/mol. The molecule has 0 aliphatic carbocycles. The van der Waals surface area contributed by atoms with Gasteiger partial charge in [-0.2, -0.15) is 0 Å². The van der Waals surface area contributed by atoms with Crippen molar-refractivity contribution in [3.63, 3.8) is 0 Å². The van der Waals surface area contributed by atoms with E-state index in [-0.39, 0.29) is 12.3 Å². The Bertz CT molecular complexity index is 518. The van der Waals surface area contributed by atoms with Gasteiger partial charge in [0.15, 0.2) is 0 Å². The first kappa shape index (κ1) is 17.3. The molecule has 0 radical (unpaired) electrons. The van der Waals surface area contributed by atoms with E-state index >= 15 is 0 Å². The van der Waals surface area contributed by atoms with Gasteiger partial charge in [0.1, 0.15) is 11.8 Å². The SMILES string of the molecule is CCC(C)C(NC(=O)Cc1c(Cl)cccc1OC)C(=O)O. The first-order valence-corrected chi connectivity index (χ1v) is 7.12. The lowest BCUT2D eigenvalue weighted by atomic mass is 9.99. The largest absolute Gasteiger partial charge is 0.496 e. The Balaban J connectivity index is 2.84. The molecule has 1 amide bonds. The molecule has 0 spiro atoms. The monoisotopic (exact) mass is 313 g/mol. The summed E-state index contributed by atoms with van der Waals surface area (Å²) in [6.07, 6.45) is 0.635. The molecule has 0 saturated heterocycles. The number of amides is 1. The van der Waals surface area contributed by atoms with E-state index in [0.29, 0.717) is 22.8 Å². The predicted octanol–water partition coefficient (Wildman–Crippen LogP) is 2.51. The molecule has 0 heterocycles. The quantitative estimate of drug-likeness (QED) is 0.811. The van der Waals surface area contributed by atoms with Gasteiger partial charge in [0.2, 0.25) is 5.91 Å². The summed E-state index contributed by atoms with van der Waals surface area (Å²) in [4.78, 5) is 23.3. The summed E-state index contributed by atoms with van der Waals surface area (Å²) >= 11 is 6.06. The number of carboxylic acids is 1. The highest BCUT2D eigenvalue weighted by Gasteiger charge is 2.25. The number of hydrogen-bond donors (Lipinski definition) is 2. The van der Waals surface area contributed by atoms with Crippen LogP contribution in [0.1, 0.15) is 25.8 Å². The molecule has 1 aromatic carbocycles. The van der Waals surface area contributed by atoms with E-state index in [1.54, 1.807) is 25.1 Å². The van der Waals surface area contributed by atoms with Gasteiger partial charge in [0, 0.05) is 10.6 Å². The summed E-state index contributed by atoms with van der Waals surface area (Å²) < 4.78 is 5.17. The van der Waals surface area contributed by atoms with Crippen molar-refractivity contribution in [1.82, 2.24) is 5.32 Å². The second-order valence-corrected chi connectivity index (χ2v) is 5.27. The normalized spacial score (nSPS) is 13.3. The fourth-order valence-electron chi connectivity index (χ4n) is 1.97. The number of aliphatic carboxylic acids is 1. The van der Waals surface area contributed by atoms with Crippen molar-refractivity contribution in [1.29, 1.82) is 0 Å². The van der Waals surface area contributed by atoms with E-state index < -0.39 is 17.9 Å². The van der Waals surface area contributed by atoms with Gasteiger partial charge in [-0.05, 0) is 18.1 Å². The van der Waals surface area contributed by atoms with Crippen molar-refractivity contribution in [2.45, 2.75) is 32.7 Å². The van der Waals surface area contributed by atoms with Crippen LogP contribution in [0.3, 0.4) is 0 Å². The van der Waals surface area contributed by atoms with Crippen LogP contribution >= 0.6 is 11.6 Å². The number of carboxylic acid groups (broad SMARTS) is 1. The zero-order valence-electron chi connectivity index (χ0n) is 12.4. The predicted molar refractivity (Wildman–Crippen MR) is 80.7 cm³/mol. The molecule has 116 valence electrons. The van der Waals surface area contributed by atoms with E-state index in [1.807, 2.05) is 6.92 Å². The molecular formula is C15H20ClNO4.